The monoisotopic (exact) mass is 155 g/mol. The van der Waals surface area contributed by atoms with Crippen molar-refractivity contribution >= 4 is 0 Å². The molecule has 0 aliphatic heterocycles. The third-order valence-electron chi connectivity index (χ3n) is 2.01. The van der Waals surface area contributed by atoms with E-state index in [9.17, 15) is 0 Å². The molecule has 1 nitrogen and oxygen atoms in total. The van der Waals surface area contributed by atoms with Gasteiger partial charge in [0.15, 0.2) is 0 Å². The second-order valence-corrected chi connectivity index (χ2v) is 3.27. The van der Waals surface area contributed by atoms with E-state index in [4.69, 9.17) is 5.73 Å². The first-order chi connectivity index (χ1) is 5.31. The molecule has 1 atom stereocenters. The average molecular weight is 155 g/mol. The van der Waals surface area contributed by atoms with E-state index in [1.807, 2.05) is 6.08 Å². The molecule has 0 saturated heterocycles. The fourth-order valence-electron chi connectivity index (χ4n) is 1.08. The summed E-state index contributed by atoms with van der Waals surface area (Å²) >= 11 is 0. The predicted octanol–water partition coefficient (Wildman–Crippen LogP) is 2.72. The largest absolute Gasteiger partial charge is 0.330 e. The SMILES string of the molecule is C=CCCCCC[C@@H](C)CN. The van der Waals surface area contributed by atoms with Gasteiger partial charge in [0.1, 0.15) is 0 Å². The minimum absolute atomic E-state index is 0.707. The zero-order valence-corrected chi connectivity index (χ0v) is 7.68. The number of hydrogen-bond donors (Lipinski definition) is 1. The summed E-state index contributed by atoms with van der Waals surface area (Å²) in [6.07, 6.45) is 8.39. The summed E-state index contributed by atoms with van der Waals surface area (Å²) in [7, 11) is 0. The summed E-state index contributed by atoms with van der Waals surface area (Å²) in [5, 5.41) is 0. The van der Waals surface area contributed by atoms with Gasteiger partial charge in [-0.05, 0) is 31.7 Å². The highest BCUT2D eigenvalue weighted by Gasteiger charge is 1.97. The maximum atomic E-state index is 5.50. The van der Waals surface area contributed by atoms with Gasteiger partial charge < -0.3 is 5.73 Å². The third-order valence-corrected chi connectivity index (χ3v) is 2.01. The topological polar surface area (TPSA) is 26.0 Å². The van der Waals surface area contributed by atoms with Crippen LogP contribution in [0, 0.1) is 5.92 Å². The van der Waals surface area contributed by atoms with Crippen molar-refractivity contribution in [3.05, 3.63) is 12.7 Å². The zero-order valence-electron chi connectivity index (χ0n) is 7.68. The molecule has 0 fully saturated rings. The Labute approximate surface area is 70.7 Å². The van der Waals surface area contributed by atoms with E-state index in [2.05, 4.69) is 13.5 Å². The first kappa shape index (κ1) is 10.7. The van der Waals surface area contributed by atoms with Crippen LogP contribution in [0.3, 0.4) is 0 Å². The Balaban J connectivity index is 2.95. The molecule has 0 heterocycles. The Hall–Kier alpha value is -0.300. The molecular formula is C10H21N. The van der Waals surface area contributed by atoms with Gasteiger partial charge in [-0.1, -0.05) is 25.8 Å². The molecular weight excluding hydrogens is 134 g/mol. The molecule has 0 radical (unpaired) electrons. The lowest BCUT2D eigenvalue weighted by atomic mass is 10.0. The molecule has 1 heteroatoms. The van der Waals surface area contributed by atoms with Crippen LogP contribution in [0.15, 0.2) is 12.7 Å². The zero-order chi connectivity index (χ0) is 8.53. The lowest BCUT2D eigenvalue weighted by Gasteiger charge is -2.06. The molecule has 11 heavy (non-hydrogen) atoms. The number of nitrogens with two attached hydrogens (primary N) is 1. The summed E-state index contributed by atoms with van der Waals surface area (Å²) in [5.74, 6) is 0.707. The van der Waals surface area contributed by atoms with E-state index in [1.54, 1.807) is 0 Å². The first-order valence-electron chi connectivity index (χ1n) is 4.62. The van der Waals surface area contributed by atoms with Crippen LogP contribution in [-0.4, -0.2) is 6.54 Å². The molecule has 0 aliphatic rings. The number of hydrogen-bond acceptors (Lipinski definition) is 1. The molecule has 0 aromatic rings. The fourth-order valence-corrected chi connectivity index (χ4v) is 1.08. The second kappa shape index (κ2) is 7.80. The minimum Gasteiger partial charge on any atom is -0.330 e. The summed E-state index contributed by atoms with van der Waals surface area (Å²) in [5.41, 5.74) is 5.50. The van der Waals surface area contributed by atoms with Gasteiger partial charge in [0, 0.05) is 0 Å². The Bertz CT molecular complexity index is 88.9. The Morgan fingerprint density at radius 1 is 1.36 bits per heavy atom. The molecule has 0 unspecified atom stereocenters. The van der Waals surface area contributed by atoms with Crippen LogP contribution in [0.2, 0.25) is 0 Å². The van der Waals surface area contributed by atoms with Gasteiger partial charge in [-0.25, -0.2) is 0 Å². The fraction of sp³-hybridized carbons (Fsp3) is 0.800. The highest BCUT2D eigenvalue weighted by molar-refractivity contribution is 4.65. The standard InChI is InChI=1S/C10H21N/c1-3-4-5-6-7-8-10(2)9-11/h3,10H,1,4-9,11H2,2H3/t10-/m1/s1. The van der Waals surface area contributed by atoms with E-state index in [-0.39, 0.29) is 0 Å². The summed E-state index contributed by atoms with van der Waals surface area (Å²) in [4.78, 5) is 0. The molecule has 0 amide bonds. The van der Waals surface area contributed by atoms with E-state index >= 15 is 0 Å². The maximum absolute atomic E-state index is 5.50. The predicted molar refractivity (Wildman–Crippen MR) is 51.5 cm³/mol. The van der Waals surface area contributed by atoms with Crippen molar-refractivity contribution in [1.82, 2.24) is 0 Å². The quantitative estimate of drug-likeness (QED) is 0.444. The first-order valence-corrected chi connectivity index (χ1v) is 4.62. The Morgan fingerprint density at radius 2 is 2.09 bits per heavy atom. The van der Waals surface area contributed by atoms with Gasteiger partial charge in [-0.15, -0.1) is 6.58 Å². The van der Waals surface area contributed by atoms with E-state index < -0.39 is 0 Å². The molecule has 2 N–H and O–H groups in total. The highest BCUT2D eigenvalue weighted by Crippen LogP contribution is 2.08. The van der Waals surface area contributed by atoms with Gasteiger partial charge in [-0.2, -0.15) is 0 Å². The van der Waals surface area contributed by atoms with Crippen LogP contribution in [-0.2, 0) is 0 Å². The Morgan fingerprint density at radius 3 is 2.64 bits per heavy atom. The van der Waals surface area contributed by atoms with Crippen LogP contribution < -0.4 is 5.73 Å². The van der Waals surface area contributed by atoms with Gasteiger partial charge in [0.05, 0.1) is 0 Å². The third kappa shape index (κ3) is 7.60. The van der Waals surface area contributed by atoms with Gasteiger partial charge in [0.2, 0.25) is 0 Å². The van der Waals surface area contributed by atoms with Crippen molar-refractivity contribution in [3.8, 4) is 0 Å². The van der Waals surface area contributed by atoms with Crippen molar-refractivity contribution in [2.24, 2.45) is 11.7 Å². The highest BCUT2D eigenvalue weighted by atomic mass is 14.5. The normalized spacial score (nSPS) is 12.9. The van der Waals surface area contributed by atoms with Crippen molar-refractivity contribution < 1.29 is 0 Å². The van der Waals surface area contributed by atoms with Crippen LogP contribution >= 0.6 is 0 Å². The second-order valence-electron chi connectivity index (χ2n) is 3.27. The summed E-state index contributed by atoms with van der Waals surface area (Å²) in [6, 6.07) is 0. The summed E-state index contributed by atoms with van der Waals surface area (Å²) < 4.78 is 0. The molecule has 0 bridgehead atoms. The number of unbranched alkanes of at least 4 members (excludes halogenated alkanes) is 3. The molecule has 0 spiro atoms. The smallest absolute Gasteiger partial charge is 0.00515 e. The van der Waals surface area contributed by atoms with Crippen LogP contribution in [0.4, 0.5) is 0 Å². The average Bonchev–Trinajstić information content (AvgIpc) is 2.04. The molecule has 0 rings (SSSR count). The van der Waals surface area contributed by atoms with Gasteiger partial charge >= 0.3 is 0 Å². The lowest BCUT2D eigenvalue weighted by Crippen LogP contribution is -2.10. The molecule has 0 saturated carbocycles. The van der Waals surface area contributed by atoms with Crippen LogP contribution in [0.5, 0.6) is 0 Å². The molecule has 0 aromatic carbocycles. The van der Waals surface area contributed by atoms with Gasteiger partial charge in [0.25, 0.3) is 0 Å². The van der Waals surface area contributed by atoms with Crippen LogP contribution in [0.25, 0.3) is 0 Å². The van der Waals surface area contributed by atoms with E-state index in [0.717, 1.165) is 13.0 Å². The molecule has 0 aliphatic carbocycles. The molecule has 66 valence electrons. The maximum Gasteiger partial charge on any atom is -0.00515 e. The van der Waals surface area contributed by atoms with E-state index in [0.29, 0.717) is 5.92 Å². The number of allylic oxidation sites excluding steroid dienone is 1. The van der Waals surface area contributed by atoms with Crippen molar-refractivity contribution in [1.29, 1.82) is 0 Å². The lowest BCUT2D eigenvalue weighted by molar-refractivity contribution is 0.501. The van der Waals surface area contributed by atoms with Crippen molar-refractivity contribution in [2.45, 2.75) is 39.0 Å². The molecule has 0 aromatic heterocycles. The van der Waals surface area contributed by atoms with E-state index in [1.165, 1.54) is 25.7 Å². The van der Waals surface area contributed by atoms with Crippen molar-refractivity contribution in [3.63, 3.8) is 0 Å². The van der Waals surface area contributed by atoms with Gasteiger partial charge in [-0.3, -0.25) is 0 Å². The Kier molecular flexibility index (Phi) is 7.59. The van der Waals surface area contributed by atoms with Crippen LogP contribution in [0.1, 0.15) is 39.0 Å². The summed E-state index contributed by atoms with van der Waals surface area (Å²) in [6.45, 7) is 6.74. The van der Waals surface area contributed by atoms with Crippen molar-refractivity contribution in [2.75, 3.05) is 6.54 Å². The number of rotatable bonds is 7. The minimum atomic E-state index is 0.707.